The first-order valence-electron chi connectivity index (χ1n) is 6.20. The lowest BCUT2D eigenvalue weighted by Gasteiger charge is -2.11. The Balaban J connectivity index is 1.59. The van der Waals surface area contributed by atoms with Gasteiger partial charge >= 0.3 is 6.09 Å². The Hall–Kier alpha value is -2.64. The molecule has 0 aromatic carbocycles. The average Bonchev–Trinajstić information content (AvgIpc) is 3.04. The fourth-order valence-corrected chi connectivity index (χ4v) is 2.02. The Labute approximate surface area is 114 Å². The summed E-state index contributed by atoms with van der Waals surface area (Å²) >= 11 is 0. The van der Waals surface area contributed by atoms with Crippen molar-refractivity contribution in [3.05, 3.63) is 24.0 Å². The highest BCUT2D eigenvalue weighted by atomic mass is 16.6. The lowest BCUT2D eigenvalue weighted by atomic mass is 10.2. The first-order valence-corrected chi connectivity index (χ1v) is 6.20. The number of nitrogens with zero attached hydrogens (tertiary/aromatic N) is 3. The van der Waals surface area contributed by atoms with Crippen LogP contribution in [0, 0.1) is 0 Å². The van der Waals surface area contributed by atoms with Gasteiger partial charge in [-0.15, -0.1) is 0 Å². The normalized spacial score (nSPS) is 14.6. The van der Waals surface area contributed by atoms with Gasteiger partial charge in [-0.3, -0.25) is 14.8 Å². The van der Waals surface area contributed by atoms with E-state index in [1.807, 2.05) is 12.1 Å². The van der Waals surface area contributed by atoms with Crippen molar-refractivity contribution in [2.45, 2.75) is 6.54 Å². The lowest BCUT2D eigenvalue weighted by molar-refractivity contribution is -0.121. The van der Waals surface area contributed by atoms with Crippen LogP contribution in [0.2, 0.25) is 0 Å². The molecule has 1 saturated heterocycles. The van der Waals surface area contributed by atoms with E-state index in [9.17, 15) is 9.59 Å². The van der Waals surface area contributed by atoms with E-state index in [-0.39, 0.29) is 12.5 Å². The molecule has 8 heteroatoms. The molecule has 0 atom stereocenters. The number of hydrogen-bond acceptors (Lipinski definition) is 5. The number of H-pyrrole nitrogens is 1. The van der Waals surface area contributed by atoms with Gasteiger partial charge in [0.2, 0.25) is 5.91 Å². The van der Waals surface area contributed by atoms with E-state index >= 15 is 0 Å². The van der Waals surface area contributed by atoms with Gasteiger partial charge in [-0.25, -0.2) is 9.78 Å². The molecule has 3 heterocycles. The van der Waals surface area contributed by atoms with Crippen LogP contribution in [-0.4, -0.2) is 51.8 Å². The Morgan fingerprint density at radius 1 is 1.55 bits per heavy atom. The molecule has 1 aliphatic rings. The molecule has 3 rings (SSSR count). The lowest BCUT2D eigenvalue weighted by Crippen LogP contribution is -2.37. The maximum atomic E-state index is 11.8. The molecule has 0 radical (unpaired) electrons. The second-order valence-electron chi connectivity index (χ2n) is 4.39. The second kappa shape index (κ2) is 5.16. The zero-order chi connectivity index (χ0) is 13.9. The number of nitrogens with one attached hydrogen (secondary N) is 2. The van der Waals surface area contributed by atoms with E-state index in [4.69, 9.17) is 4.74 Å². The number of carbonyl (C=O) groups is 2. The fourth-order valence-electron chi connectivity index (χ4n) is 2.02. The largest absolute Gasteiger partial charge is 0.448 e. The first-order chi connectivity index (χ1) is 9.74. The number of aromatic nitrogens is 3. The summed E-state index contributed by atoms with van der Waals surface area (Å²) in [6.07, 6.45) is 1.21. The number of cyclic esters (lactones) is 1. The van der Waals surface area contributed by atoms with Crippen molar-refractivity contribution in [2.24, 2.45) is 0 Å². The molecule has 2 N–H and O–H groups in total. The predicted octanol–water partition coefficient (Wildman–Crippen LogP) is 0.0263. The summed E-state index contributed by atoms with van der Waals surface area (Å²) in [5.41, 5.74) is 1.39. The molecule has 20 heavy (non-hydrogen) atoms. The van der Waals surface area contributed by atoms with Crippen LogP contribution in [0.1, 0.15) is 5.69 Å². The number of rotatable bonds is 4. The topological polar surface area (TPSA) is 100 Å². The fraction of sp³-hybridized carbons (Fsp3) is 0.333. The molecule has 0 spiro atoms. The molecule has 0 unspecified atom stereocenters. The van der Waals surface area contributed by atoms with E-state index in [0.717, 1.165) is 11.1 Å². The highest BCUT2D eigenvalue weighted by Crippen LogP contribution is 2.12. The Bertz CT molecular complexity index is 653. The molecule has 104 valence electrons. The van der Waals surface area contributed by atoms with Crippen LogP contribution in [0.3, 0.4) is 0 Å². The summed E-state index contributed by atoms with van der Waals surface area (Å²) in [4.78, 5) is 28.4. The number of fused-ring (bicyclic) bond motifs is 1. The monoisotopic (exact) mass is 275 g/mol. The van der Waals surface area contributed by atoms with E-state index in [1.54, 1.807) is 6.20 Å². The van der Waals surface area contributed by atoms with Crippen molar-refractivity contribution in [3.8, 4) is 0 Å². The molecule has 0 aliphatic carbocycles. The van der Waals surface area contributed by atoms with Crippen molar-refractivity contribution >= 4 is 23.0 Å². The molecule has 1 aliphatic heterocycles. The minimum atomic E-state index is -0.448. The van der Waals surface area contributed by atoms with Gasteiger partial charge in [0, 0.05) is 11.6 Å². The summed E-state index contributed by atoms with van der Waals surface area (Å²) in [5, 5.41) is 10.5. The van der Waals surface area contributed by atoms with Crippen LogP contribution in [0.4, 0.5) is 4.79 Å². The quantitative estimate of drug-likeness (QED) is 0.819. The Morgan fingerprint density at radius 3 is 3.25 bits per heavy atom. The molecule has 8 nitrogen and oxygen atoms in total. The van der Waals surface area contributed by atoms with Gasteiger partial charge in [-0.2, -0.15) is 5.10 Å². The Morgan fingerprint density at radius 2 is 2.45 bits per heavy atom. The summed E-state index contributed by atoms with van der Waals surface area (Å²) in [5.74, 6) is -0.240. The van der Waals surface area contributed by atoms with Crippen LogP contribution >= 0.6 is 0 Å². The van der Waals surface area contributed by atoms with Gasteiger partial charge in [0.15, 0.2) is 5.65 Å². The number of aromatic amines is 1. The standard InChI is InChI=1S/C12H13N5O3/c18-10(7-17-4-5-20-12(17)19)14-6-9-8-2-1-3-13-11(8)16-15-9/h1-3H,4-7H2,(H,14,18)(H,13,15,16). The van der Waals surface area contributed by atoms with E-state index < -0.39 is 6.09 Å². The predicted molar refractivity (Wildman–Crippen MR) is 68.7 cm³/mol. The van der Waals surface area contributed by atoms with Gasteiger partial charge in [0.25, 0.3) is 0 Å². The second-order valence-corrected chi connectivity index (χ2v) is 4.39. The van der Waals surface area contributed by atoms with Crippen molar-refractivity contribution in [1.29, 1.82) is 0 Å². The number of amides is 2. The molecule has 2 aromatic rings. The third-order valence-electron chi connectivity index (χ3n) is 3.05. The molecule has 0 bridgehead atoms. The molecule has 1 fully saturated rings. The van der Waals surface area contributed by atoms with Crippen molar-refractivity contribution in [3.63, 3.8) is 0 Å². The summed E-state index contributed by atoms with van der Waals surface area (Å²) < 4.78 is 4.76. The maximum Gasteiger partial charge on any atom is 0.410 e. The van der Waals surface area contributed by atoms with Crippen LogP contribution in [0.15, 0.2) is 18.3 Å². The number of carbonyl (C=O) groups excluding carboxylic acids is 2. The number of ether oxygens (including phenoxy) is 1. The average molecular weight is 275 g/mol. The number of hydrogen-bond donors (Lipinski definition) is 2. The van der Waals surface area contributed by atoms with E-state index in [1.165, 1.54) is 4.90 Å². The third-order valence-corrected chi connectivity index (χ3v) is 3.05. The SMILES string of the molecule is O=C(CN1CCOC1=O)NCc1[nH]nc2ncccc12. The zero-order valence-corrected chi connectivity index (χ0v) is 10.6. The Kier molecular flexibility index (Phi) is 3.20. The van der Waals surface area contributed by atoms with E-state index in [0.29, 0.717) is 25.3 Å². The van der Waals surface area contributed by atoms with Crippen LogP contribution < -0.4 is 5.32 Å². The number of pyridine rings is 1. The molecule has 2 aromatic heterocycles. The smallest absolute Gasteiger partial charge is 0.410 e. The maximum absolute atomic E-state index is 11.8. The summed E-state index contributed by atoms with van der Waals surface area (Å²) in [6, 6.07) is 3.69. The minimum Gasteiger partial charge on any atom is -0.448 e. The van der Waals surface area contributed by atoms with Gasteiger partial charge in [0.1, 0.15) is 13.2 Å². The summed E-state index contributed by atoms with van der Waals surface area (Å²) in [6.45, 7) is 1.10. The van der Waals surface area contributed by atoms with Gasteiger partial charge in [0.05, 0.1) is 18.8 Å². The van der Waals surface area contributed by atoms with Crippen LogP contribution in [-0.2, 0) is 16.1 Å². The van der Waals surface area contributed by atoms with Crippen molar-refractivity contribution in [2.75, 3.05) is 19.7 Å². The molecule has 0 saturated carbocycles. The van der Waals surface area contributed by atoms with Crippen molar-refractivity contribution < 1.29 is 14.3 Å². The minimum absolute atomic E-state index is 0.00313. The van der Waals surface area contributed by atoms with Crippen molar-refractivity contribution in [1.82, 2.24) is 25.4 Å². The van der Waals surface area contributed by atoms with Crippen LogP contribution in [0.25, 0.3) is 11.0 Å². The highest BCUT2D eigenvalue weighted by molar-refractivity contribution is 5.83. The van der Waals surface area contributed by atoms with Gasteiger partial charge in [-0.1, -0.05) is 0 Å². The van der Waals surface area contributed by atoms with E-state index in [2.05, 4.69) is 20.5 Å². The molecular formula is C12H13N5O3. The van der Waals surface area contributed by atoms with Gasteiger partial charge < -0.3 is 10.1 Å². The highest BCUT2D eigenvalue weighted by Gasteiger charge is 2.23. The zero-order valence-electron chi connectivity index (χ0n) is 10.6. The van der Waals surface area contributed by atoms with Gasteiger partial charge in [-0.05, 0) is 12.1 Å². The molecule has 2 amide bonds. The third kappa shape index (κ3) is 2.40. The van der Waals surface area contributed by atoms with Crippen LogP contribution in [0.5, 0.6) is 0 Å². The molecular weight excluding hydrogens is 262 g/mol. The first kappa shape index (κ1) is 12.4. The summed E-state index contributed by atoms with van der Waals surface area (Å²) in [7, 11) is 0.